The normalized spacial score (nSPS) is 10.3. The fourth-order valence-corrected chi connectivity index (χ4v) is 2.67. The summed E-state index contributed by atoms with van der Waals surface area (Å²) in [5, 5.41) is 2.51. The predicted octanol–water partition coefficient (Wildman–Crippen LogP) is 3.68. The van der Waals surface area contributed by atoms with Crippen molar-refractivity contribution >= 4 is 17.5 Å². The van der Waals surface area contributed by atoms with E-state index in [9.17, 15) is 14.0 Å². The first kappa shape index (κ1) is 18.3. The second kappa shape index (κ2) is 8.76. The maximum Gasteiger partial charge on any atom is 0.316 e. The molecular weight excluding hydrogens is 343 g/mol. The second-order valence-electron chi connectivity index (χ2n) is 5.99. The minimum absolute atomic E-state index is 0.0504. The van der Waals surface area contributed by atoms with Gasteiger partial charge in [0.2, 0.25) is 0 Å². The Kier molecular flexibility index (Phi) is 5.94. The molecule has 0 aromatic heterocycles. The minimum atomic E-state index is -0.780. The van der Waals surface area contributed by atoms with Crippen LogP contribution in [0.15, 0.2) is 84.9 Å². The molecule has 0 spiro atoms. The van der Waals surface area contributed by atoms with Crippen molar-refractivity contribution in [2.45, 2.75) is 13.1 Å². The molecule has 0 aliphatic carbocycles. The van der Waals surface area contributed by atoms with Gasteiger partial charge in [0.05, 0.1) is 6.54 Å². The molecule has 0 bridgehead atoms. The summed E-state index contributed by atoms with van der Waals surface area (Å²) in [7, 11) is 0. The third kappa shape index (κ3) is 4.79. The Morgan fingerprint density at radius 3 is 2.07 bits per heavy atom. The van der Waals surface area contributed by atoms with Crippen LogP contribution >= 0.6 is 0 Å². The van der Waals surface area contributed by atoms with E-state index < -0.39 is 17.6 Å². The highest BCUT2D eigenvalue weighted by Gasteiger charge is 2.23. The molecule has 1 N–H and O–H groups in total. The summed E-state index contributed by atoms with van der Waals surface area (Å²) in [6.07, 6.45) is 0. The summed E-state index contributed by atoms with van der Waals surface area (Å²) in [4.78, 5) is 26.6. The maximum atomic E-state index is 13.7. The van der Waals surface area contributed by atoms with Gasteiger partial charge in [0.15, 0.2) is 0 Å². The van der Waals surface area contributed by atoms with Gasteiger partial charge in [-0.1, -0.05) is 66.7 Å². The molecule has 5 heteroatoms. The van der Waals surface area contributed by atoms with Crippen molar-refractivity contribution in [1.29, 1.82) is 0 Å². The summed E-state index contributed by atoms with van der Waals surface area (Å²) in [5.74, 6) is -1.89. The number of hydrogen-bond donors (Lipinski definition) is 1. The highest BCUT2D eigenvalue weighted by Crippen LogP contribution is 2.17. The smallest absolute Gasteiger partial charge is 0.316 e. The van der Waals surface area contributed by atoms with Crippen LogP contribution in [0, 0.1) is 5.82 Å². The number of carbonyl (C=O) groups excluding carboxylic acids is 2. The lowest BCUT2D eigenvalue weighted by Gasteiger charge is -2.22. The van der Waals surface area contributed by atoms with Gasteiger partial charge in [-0.05, 0) is 23.8 Å². The van der Waals surface area contributed by atoms with E-state index in [1.807, 2.05) is 36.4 Å². The van der Waals surface area contributed by atoms with Crippen LogP contribution in [0.25, 0.3) is 0 Å². The van der Waals surface area contributed by atoms with E-state index in [-0.39, 0.29) is 13.1 Å². The number of halogens is 1. The van der Waals surface area contributed by atoms with Gasteiger partial charge in [0, 0.05) is 17.8 Å². The Labute approximate surface area is 157 Å². The fourth-order valence-electron chi connectivity index (χ4n) is 2.67. The lowest BCUT2D eigenvalue weighted by atomic mass is 10.2. The standard InChI is InChI=1S/C22H19FN2O2/c23-20-14-8-7-11-18(20)15-24-21(26)22(27)25(19-12-5-2-6-13-19)16-17-9-3-1-4-10-17/h1-14H,15-16H2,(H,24,26). The van der Waals surface area contributed by atoms with Crippen LogP contribution in [0.5, 0.6) is 0 Å². The SMILES string of the molecule is O=C(NCc1ccccc1F)C(=O)N(Cc1ccccc1)c1ccccc1. The first-order valence-corrected chi connectivity index (χ1v) is 8.57. The Bertz CT molecular complexity index is 914. The third-order valence-corrected chi connectivity index (χ3v) is 4.09. The number of nitrogens with one attached hydrogen (secondary N) is 1. The minimum Gasteiger partial charge on any atom is -0.344 e. The van der Waals surface area contributed by atoms with Crippen LogP contribution < -0.4 is 10.2 Å². The summed E-state index contributed by atoms with van der Waals surface area (Å²) in [6.45, 7) is 0.210. The maximum absolute atomic E-state index is 13.7. The topological polar surface area (TPSA) is 49.4 Å². The molecule has 0 saturated carbocycles. The Morgan fingerprint density at radius 2 is 1.41 bits per heavy atom. The molecule has 0 radical (unpaired) electrons. The number of carbonyl (C=O) groups is 2. The lowest BCUT2D eigenvalue weighted by molar-refractivity contribution is -0.137. The molecule has 27 heavy (non-hydrogen) atoms. The van der Waals surface area contributed by atoms with E-state index in [4.69, 9.17) is 0 Å². The van der Waals surface area contributed by atoms with Crippen LogP contribution in [0.4, 0.5) is 10.1 Å². The molecule has 0 saturated heterocycles. The molecule has 0 aliphatic rings. The highest BCUT2D eigenvalue weighted by molar-refractivity contribution is 6.40. The van der Waals surface area contributed by atoms with Crippen LogP contribution in [0.2, 0.25) is 0 Å². The number of rotatable bonds is 5. The number of hydrogen-bond acceptors (Lipinski definition) is 2. The second-order valence-corrected chi connectivity index (χ2v) is 5.99. The van der Waals surface area contributed by atoms with Gasteiger partial charge in [-0.25, -0.2) is 4.39 Å². The van der Waals surface area contributed by atoms with Crippen molar-refractivity contribution in [2.24, 2.45) is 0 Å². The van der Waals surface area contributed by atoms with Gasteiger partial charge in [0.25, 0.3) is 0 Å². The average Bonchev–Trinajstić information content (AvgIpc) is 2.72. The largest absolute Gasteiger partial charge is 0.344 e. The summed E-state index contributed by atoms with van der Waals surface area (Å²) in [6, 6.07) is 24.5. The number of para-hydroxylation sites is 1. The molecule has 2 amide bonds. The molecule has 3 aromatic rings. The molecule has 0 heterocycles. The van der Waals surface area contributed by atoms with Gasteiger partial charge in [-0.15, -0.1) is 0 Å². The number of anilines is 1. The van der Waals surface area contributed by atoms with Crippen LogP contribution in [-0.4, -0.2) is 11.8 Å². The third-order valence-electron chi connectivity index (χ3n) is 4.09. The molecule has 3 rings (SSSR count). The van der Waals surface area contributed by atoms with Crippen LogP contribution in [0.1, 0.15) is 11.1 Å². The molecule has 3 aromatic carbocycles. The molecular formula is C22H19FN2O2. The van der Waals surface area contributed by atoms with E-state index in [0.717, 1.165) is 5.56 Å². The molecule has 4 nitrogen and oxygen atoms in total. The number of amides is 2. The Hall–Kier alpha value is -3.47. The highest BCUT2D eigenvalue weighted by atomic mass is 19.1. The zero-order valence-electron chi connectivity index (χ0n) is 14.6. The van der Waals surface area contributed by atoms with Crippen molar-refractivity contribution in [2.75, 3.05) is 4.90 Å². The van der Waals surface area contributed by atoms with Gasteiger partial charge in [0.1, 0.15) is 5.82 Å². The zero-order chi connectivity index (χ0) is 19.1. The van der Waals surface area contributed by atoms with Crippen LogP contribution in [0.3, 0.4) is 0 Å². The molecule has 0 atom stereocenters. The van der Waals surface area contributed by atoms with Gasteiger partial charge in [-0.3, -0.25) is 14.5 Å². The molecule has 0 unspecified atom stereocenters. The summed E-state index contributed by atoms with van der Waals surface area (Å²) in [5.41, 5.74) is 1.84. The first-order valence-electron chi connectivity index (χ1n) is 8.57. The van der Waals surface area contributed by atoms with Gasteiger partial charge in [-0.2, -0.15) is 0 Å². The monoisotopic (exact) mass is 362 g/mol. The number of benzene rings is 3. The lowest BCUT2D eigenvalue weighted by Crippen LogP contribution is -2.42. The quantitative estimate of drug-likeness (QED) is 0.704. The molecule has 0 aliphatic heterocycles. The van der Waals surface area contributed by atoms with E-state index in [1.165, 1.54) is 11.0 Å². The van der Waals surface area contributed by atoms with E-state index >= 15 is 0 Å². The predicted molar refractivity (Wildman–Crippen MR) is 102 cm³/mol. The summed E-state index contributed by atoms with van der Waals surface area (Å²) >= 11 is 0. The van der Waals surface area contributed by atoms with E-state index in [1.54, 1.807) is 42.5 Å². The summed E-state index contributed by atoms with van der Waals surface area (Å²) < 4.78 is 13.7. The molecule has 136 valence electrons. The Balaban J connectivity index is 1.76. The van der Waals surface area contributed by atoms with Crippen molar-refractivity contribution in [3.8, 4) is 0 Å². The van der Waals surface area contributed by atoms with E-state index in [2.05, 4.69) is 5.32 Å². The fraction of sp³-hybridized carbons (Fsp3) is 0.0909. The average molecular weight is 362 g/mol. The van der Waals surface area contributed by atoms with Crippen molar-refractivity contribution in [1.82, 2.24) is 5.32 Å². The molecule has 0 fully saturated rings. The number of nitrogens with zero attached hydrogens (tertiary/aromatic N) is 1. The van der Waals surface area contributed by atoms with Crippen molar-refractivity contribution < 1.29 is 14.0 Å². The van der Waals surface area contributed by atoms with Crippen molar-refractivity contribution in [3.05, 3.63) is 102 Å². The zero-order valence-corrected chi connectivity index (χ0v) is 14.6. The van der Waals surface area contributed by atoms with Gasteiger partial charge < -0.3 is 5.32 Å². The first-order chi connectivity index (χ1) is 13.1. The van der Waals surface area contributed by atoms with Gasteiger partial charge >= 0.3 is 11.8 Å². The van der Waals surface area contributed by atoms with Crippen molar-refractivity contribution in [3.63, 3.8) is 0 Å². The Morgan fingerprint density at radius 1 is 0.815 bits per heavy atom. The van der Waals surface area contributed by atoms with E-state index in [0.29, 0.717) is 11.3 Å². The van der Waals surface area contributed by atoms with Crippen LogP contribution in [-0.2, 0) is 22.7 Å².